The molecule has 140 valence electrons. The highest BCUT2D eigenvalue weighted by Crippen LogP contribution is 2.25. The number of imidazole rings is 1. The van der Waals surface area contributed by atoms with Crippen LogP contribution in [0.3, 0.4) is 0 Å². The second kappa shape index (κ2) is 7.43. The quantitative estimate of drug-likeness (QED) is 0.399. The number of para-hydroxylation sites is 2. The van der Waals surface area contributed by atoms with Gasteiger partial charge < -0.3 is 4.57 Å². The van der Waals surface area contributed by atoms with Crippen LogP contribution in [-0.4, -0.2) is 15.8 Å². The molecule has 0 spiro atoms. The molecular formula is C25H25N3. The largest absolute Gasteiger partial charge is 0.304 e. The topological polar surface area (TPSA) is 30.2 Å². The van der Waals surface area contributed by atoms with Crippen LogP contribution in [0, 0.1) is 0 Å². The number of benzene rings is 3. The van der Waals surface area contributed by atoms with Gasteiger partial charge in [-0.25, -0.2) is 9.98 Å². The fraction of sp³-hybridized carbons (Fsp3) is 0.200. The van der Waals surface area contributed by atoms with Crippen LogP contribution in [0.5, 0.6) is 0 Å². The smallest absolute Gasteiger partial charge is 0.230 e. The van der Waals surface area contributed by atoms with Crippen molar-refractivity contribution in [1.82, 2.24) is 9.55 Å². The predicted octanol–water partition coefficient (Wildman–Crippen LogP) is 6.13. The molecule has 0 radical (unpaired) electrons. The summed E-state index contributed by atoms with van der Waals surface area (Å²) in [6.07, 6.45) is 1.88. The van der Waals surface area contributed by atoms with E-state index in [2.05, 4.69) is 55.7 Å². The third kappa shape index (κ3) is 3.89. The Kier molecular flexibility index (Phi) is 4.82. The molecule has 0 fully saturated rings. The summed E-state index contributed by atoms with van der Waals surface area (Å²) in [5.41, 5.74) is 5.87. The first kappa shape index (κ1) is 18.2. The molecule has 3 heteroatoms. The van der Waals surface area contributed by atoms with E-state index in [1.807, 2.05) is 54.7 Å². The van der Waals surface area contributed by atoms with Gasteiger partial charge >= 0.3 is 0 Å². The monoisotopic (exact) mass is 367 g/mol. The zero-order valence-electron chi connectivity index (χ0n) is 16.6. The van der Waals surface area contributed by atoms with Crippen molar-refractivity contribution >= 4 is 23.2 Å². The van der Waals surface area contributed by atoms with Gasteiger partial charge in [0.25, 0.3) is 0 Å². The Morgan fingerprint density at radius 1 is 0.857 bits per heavy atom. The van der Waals surface area contributed by atoms with Crippen molar-refractivity contribution in [2.75, 3.05) is 0 Å². The summed E-state index contributed by atoms with van der Waals surface area (Å²) < 4.78 is 2.18. The van der Waals surface area contributed by atoms with Crippen LogP contribution in [0.2, 0.25) is 0 Å². The Bertz CT molecular complexity index is 1100. The van der Waals surface area contributed by atoms with E-state index in [0.717, 1.165) is 29.1 Å². The van der Waals surface area contributed by atoms with Crippen molar-refractivity contribution in [3.05, 3.63) is 95.6 Å². The standard InChI is InChI=1S/C25H25N3/c1-25(2,3)21-15-13-20(14-16-21)18-28-23-12-8-7-11-22(23)27-24(28)26-17-19-9-5-4-6-10-19/h4-17H,18H2,1-3H3/b26-17+. The summed E-state index contributed by atoms with van der Waals surface area (Å²) in [5.74, 6) is 0.727. The third-order valence-electron chi connectivity index (χ3n) is 4.92. The molecule has 0 amide bonds. The molecule has 4 aromatic rings. The maximum atomic E-state index is 4.75. The zero-order chi connectivity index (χ0) is 19.6. The SMILES string of the molecule is CC(C)(C)c1ccc(Cn2c(/N=C/c3ccccc3)nc3ccccc32)cc1. The Labute approximate surface area is 166 Å². The lowest BCUT2D eigenvalue weighted by atomic mass is 9.87. The summed E-state index contributed by atoms with van der Waals surface area (Å²) in [6.45, 7) is 7.46. The zero-order valence-corrected chi connectivity index (χ0v) is 16.6. The summed E-state index contributed by atoms with van der Waals surface area (Å²) in [5, 5.41) is 0. The number of hydrogen-bond donors (Lipinski definition) is 0. The van der Waals surface area contributed by atoms with E-state index in [-0.39, 0.29) is 5.41 Å². The molecule has 28 heavy (non-hydrogen) atoms. The van der Waals surface area contributed by atoms with Gasteiger partial charge in [0, 0.05) is 6.21 Å². The van der Waals surface area contributed by atoms with Crippen molar-refractivity contribution < 1.29 is 0 Å². The minimum absolute atomic E-state index is 0.158. The van der Waals surface area contributed by atoms with Gasteiger partial charge in [-0.2, -0.15) is 0 Å². The fourth-order valence-electron chi connectivity index (χ4n) is 3.28. The van der Waals surface area contributed by atoms with Crippen LogP contribution in [0.1, 0.15) is 37.5 Å². The number of hydrogen-bond acceptors (Lipinski definition) is 2. The summed E-state index contributed by atoms with van der Waals surface area (Å²) >= 11 is 0. The lowest BCUT2D eigenvalue weighted by Crippen LogP contribution is -2.11. The molecule has 3 nitrogen and oxygen atoms in total. The molecule has 0 saturated heterocycles. The van der Waals surface area contributed by atoms with Crippen LogP contribution in [0.15, 0.2) is 83.9 Å². The lowest BCUT2D eigenvalue weighted by molar-refractivity contribution is 0.590. The van der Waals surface area contributed by atoms with Crippen LogP contribution < -0.4 is 0 Å². The van der Waals surface area contributed by atoms with Gasteiger partial charge in [0.2, 0.25) is 5.95 Å². The van der Waals surface area contributed by atoms with Gasteiger partial charge in [-0.15, -0.1) is 0 Å². The first-order valence-electron chi connectivity index (χ1n) is 9.64. The first-order valence-corrected chi connectivity index (χ1v) is 9.64. The van der Waals surface area contributed by atoms with Crippen molar-refractivity contribution in [2.24, 2.45) is 4.99 Å². The molecule has 0 N–H and O–H groups in total. The first-order chi connectivity index (χ1) is 13.5. The highest BCUT2D eigenvalue weighted by atomic mass is 15.2. The number of nitrogens with zero attached hydrogens (tertiary/aromatic N) is 3. The molecule has 0 aliphatic heterocycles. The van der Waals surface area contributed by atoms with Crippen molar-refractivity contribution in [2.45, 2.75) is 32.7 Å². The Balaban J connectivity index is 1.70. The molecule has 0 bridgehead atoms. The highest BCUT2D eigenvalue weighted by molar-refractivity contribution is 5.83. The van der Waals surface area contributed by atoms with Gasteiger partial charge in [0.15, 0.2) is 0 Å². The Hall–Kier alpha value is -3.20. The average Bonchev–Trinajstić information content (AvgIpc) is 3.04. The highest BCUT2D eigenvalue weighted by Gasteiger charge is 2.14. The van der Waals surface area contributed by atoms with Crippen LogP contribution in [0.4, 0.5) is 5.95 Å². The minimum Gasteiger partial charge on any atom is -0.304 e. The van der Waals surface area contributed by atoms with Crippen LogP contribution in [0.25, 0.3) is 11.0 Å². The van der Waals surface area contributed by atoms with Crippen molar-refractivity contribution in [1.29, 1.82) is 0 Å². The molecule has 1 heterocycles. The number of aliphatic imine (C=N–C) groups is 1. The molecule has 3 aromatic carbocycles. The Morgan fingerprint density at radius 3 is 2.25 bits per heavy atom. The van der Waals surface area contributed by atoms with Crippen LogP contribution >= 0.6 is 0 Å². The van der Waals surface area contributed by atoms with Gasteiger partial charge in [-0.3, -0.25) is 0 Å². The average molecular weight is 367 g/mol. The molecule has 0 unspecified atom stereocenters. The normalized spacial score (nSPS) is 12.1. The van der Waals surface area contributed by atoms with E-state index in [0.29, 0.717) is 0 Å². The maximum Gasteiger partial charge on any atom is 0.230 e. The maximum absolute atomic E-state index is 4.75. The van der Waals surface area contributed by atoms with E-state index in [1.54, 1.807) is 0 Å². The van der Waals surface area contributed by atoms with Crippen LogP contribution in [-0.2, 0) is 12.0 Å². The second-order valence-electron chi connectivity index (χ2n) is 8.10. The molecular weight excluding hydrogens is 342 g/mol. The van der Waals surface area contributed by atoms with E-state index in [1.165, 1.54) is 11.1 Å². The molecule has 4 rings (SSSR count). The number of aromatic nitrogens is 2. The minimum atomic E-state index is 0.158. The summed E-state index contributed by atoms with van der Waals surface area (Å²) in [6, 6.07) is 27.2. The fourth-order valence-corrected chi connectivity index (χ4v) is 3.28. The predicted molar refractivity (Wildman–Crippen MR) is 118 cm³/mol. The van der Waals surface area contributed by atoms with Gasteiger partial charge in [0.05, 0.1) is 17.6 Å². The van der Waals surface area contributed by atoms with E-state index in [9.17, 15) is 0 Å². The molecule has 0 aliphatic carbocycles. The molecule has 0 aliphatic rings. The lowest BCUT2D eigenvalue weighted by Gasteiger charge is -2.19. The number of rotatable bonds is 4. The Morgan fingerprint density at radius 2 is 1.54 bits per heavy atom. The molecule has 0 atom stereocenters. The van der Waals surface area contributed by atoms with Crippen molar-refractivity contribution in [3.8, 4) is 0 Å². The third-order valence-corrected chi connectivity index (χ3v) is 4.92. The second-order valence-corrected chi connectivity index (χ2v) is 8.10. The number of fused-ring (bicyclic) bond motifs is 1. The molecule has 0 saturated carbocycles. The van der Waals surface area contributed by atoms with E-state index < -0.39 is 0 Å². The van der Waals surface area contributed by atoms with Gasteiger partial charge in [-0.1, -0.05) is 87.5 Å². The van der Waals surface area contributed by atoms with E-state index in [4.69, 9.17) is 9.98 Å². The van der Waals surface area contributed by atoms with Gasteiger partial charge in [0.1, 0.15) is 0 Å². The summed E-state index contributed by atoms with van der Waals surface area (Å²) in [7, 11) is 0. The van der Waals surface area contributed by atoms with Crippen molar-refractivity contribution in [3.63, 3.8) is 0 Å². The van der Waals surface area contributed by atoms with Gasteiger partial charge in [-0.05, 0) is 34.2 Å². The molecule has 1 aromatic heterocycles. The summed E-state index contributed by atoms with van der Waals surface area (Å²) in [4.78, 5) is 9.44. The van der Waals surface area contributed by atoms with E-state index >= 15 is 0 Å².